The molecule has 0 amide bonds. The van der Waals surface area contributed by atoms with E-state index < -0.39 is 5.60 Å². The number of rotatable bonds is 6. The quantitative estimate of drug-likeness (QED) is 0.861. The summed E-state index contributed by atoms with van der Waals surface area (Å²) in [6, 6.07) is 10.2. The average molecular weight is 287 g/mol. The van der Waals surface area contributed by atoms with Crippen LogP contribution in [0.1, 0.15) is 31.2 Å². The molecule has 2 heterocycles. The summed E-state index contributed by atoms with van der Waals surface area (Å²) in [5.74, 6) is 0.845. The van der Waals surface area contributed by atoms with Gasteiger partial charge < -0.3 is 5.11 Å². The normalized spacial score (nSPS) is 17.6. The zero-order chi connectivity index (χ0) is 14.7. The fourth-order valence-corrected chi connectivity index (χ4v) is 2.94. The van der Waals surface area contributed by atoms with Gasteiger partial charge in [0.2, 0.25) is 0 Å². The predicted molar refractivity (Wildman–Crippen MR) is 78.5 cm³/mol. The van der Waals surface area contributed by atoms with Crippen LogP contribution in [0.5, 0.6) is 0 Å². The third-order valence-corrected chi connectivity index (χ3v) is 3.90. The van der Waals surface area contributed by atoms with Gasteiger partial charge in [0, 0.05) is 13.1 Å². The smallest absolute Gasteiger partial charge is 0.165 e. The van der Waals surface area contributed by atoms with Crippen molar-refractivity contribution >= 4 is 0 Å². The molecule has 0 saturated carbocycles. The lowest BCUT2D eigenvalue weighted by Crippen LogP contribution is -2.61. The van der Waals surface area contributed by atoms with Gasteiger partial charge in [-0.3, -0.25) is 4.90 Å². The Kier molecular flexibility index (Phi) is 3.98. The first-order valence-electron chi connectivity index (χ1n) is 7.42. The van der Waals surface area contributed by atoms with Gasteiger partial charge in [-0.25, -0.2) is 4.68 Å². The van der Waals surface area contributed by atoms with Crippen LogP contribution in [0.4, 0.5) is 0 Å². The molecule has 1 aromatic heterocycles. The second-order valence-electron chi connectivity index (χ2n) is 5.86. The molecule has 1 aliphatic rings. The van der Waals surface area contributed by atoms with Crippen molar-refractivity contribution in [2.45, 2.75) is 38.5 Å². The van der Waals surface area contributed by atoms with E-state index in [1.807, 2.05) is 22.9 Å². The third kappa shape index (κ3) is 3.28. The lowest BCUT2D eigenvalue weighted by atomic mass is 9.89. The molecule has 0 atom stereocenters. The van der Waals surface area contributed by atoms with Crippen LogP contribution in [0.2, 0.25) is 0 Å². The fourth-order valence-electron chi connectivity index (χ4n) is 2.94. The summed E-state index contributed by atoms with van der Waals surface area (Å²) in [6.07, 6.45) is 1.87. The molecular weight excluding hydrogens is 266 g/mol. The molecule has 1 fully saturated rings. The van der Waals surface area contributed by atoms with Crippen molar-refractivity contribution in [2.75, 3.05) is 13.1 Å². The molecule has 112 valence electrons. The van der Waals surface area contributed by atoms with Crippen LogP contribution >= 0.6 is 0 Å². The van der Waals surface area contributed by atoms with Crippen molar-refractivity contribution < 1.29 is 5.11 Å². The number of benzene rings is 1. The topological polar surface area (TPSA) is 67.1 Å². The molecule has 0 spiro atoms. The summed E-state index contributed by atoms with van der Waals surface area (Å²) in [4.78, 5) is 2.18. The van der Waals surface area contributed by atoms with Crippen LogP contribution in [-0.2, 0) is 13.1 Å². The molecule has 0 aliphatic carbocycles. The van der Waals surface area contributed by atoms with Crippen LogP contribution in [0.3, 0.4) is 0 Å². The minimum Gasteiger partial charge on any atom is -0.387 e. The molecule has 2 aromatic rings. The highest BCUT2D eigenvalue weighted by molar-refractivity contribution is 5.15. The van der Waals surface area contributed by atoms with Crippen LogP contribution in [0, 0.1) is 0 Å². The van der Waals surface area contributed by atoms with Gasteiger partial charge in [0.15, 0.2) is 5.82 Å². The second-order valence-corrected chi connectivity index (χ2v) is 5.86. The Morgan fingerprint density at radius 1 is 1.19 bits per heavy atom. The highest BCUT2D eigenvalue weighted by atomic mass is 16.3. The van der Waals surface area contributed by atoms with Gasteiger partial charge in [-0.1, -0.05) is 43.7 Å². The molecule has 0 radical (unpaired) electrons. The van der Waals surface area contributed by atoms with Gasteiger partial charge in [-0.2, -0.15) is 0 Å². The number of tetrazole rings is 1. The van der Waals surface area contributed by atoms with E-state index in [1.165, 1.54) is 5.56 Å². The monoisotopic (exact) mass is 287 g/mol. The maximum atomic E-state index is 10.2. The molecule has 6 heteroatoms. The van der Waals surface area contributed by atoms with Crippen molar-refractivity contribution in [2.24, 2.45) is 0 Å². The summed E-state index contributed by atoms with van der Waals surface area (Å²) in [5.41, 5.74) is 0.670. The Hall–Kier alpha value is -1.79. The first-order chi connectivity index (χ1) is 10.2. The summed E-state index contributed by atoms with van der Waals surface area (Å²) in [6.45, 7) is 4.88. The summed E-state index contributed by atoms with van der Waals surface area (Å²) >= 11 is 0. The van der Waals surface area contributed by atoms with E-state index in [0.29, 0.717) is 26.2 Å². The first kappa shape index (κ1) is 14.2. The highest BCUT2D eigenvalue weighted by Crippen LogP contribution is 2.26. The lowest BCUT2D eigenvalue weighted by molar-refractivity contribution is -0.107. The summed E-state index contributed by atoms with van der Waals surface area (Å²) in [5, 5.41) is 22.2. The standard InChI is InChI=1S/C15H21N5O/c1-2-8-15(21)11-19(12-15)10-14-16-17-18-20(14)9-13-6-4-3-5-7-13/h3-7,21H,2,8-12H2,1H3. The number of hydrogen-bond donors (Lipinski definition) is 1. The Morgan fingerprint density at radius 3 is 2.67 bits per heavy atom. The van der Waals surface area contributed by atoms with E-state index in [4.69, 9.17) is 0 Å². The van der Waals surface area contributed by atoms with Crippen molar-refractivity contribution in [3.8, 4) is 0 Å². The van der Waals surface area contributed by atoms with Gasteiger partial charge in [0.1, 0.15) is 0 Å². The van der Waals surface area contributed by atoms with Crippen molar-refractivity contribution in [1.82, 2.24) is 25.1 Å². The van der Waals surface area contributed by atoms with E-state index >= 15 is 0 Å². The Labute approximate surface area is 124 Å². The second kappa shape index (κ2) is 5.91. The van der Waals surface area contributed by atoms with Crippen LogP contribution in [-0.4, -0.2) is 48.9 Å². The maximum absolute atomic E-state index is 10.2. The zero-order valence-electron chi connectivity index (χ0n) is 12.3. The molecule has 21 heavy (non-hydrogen) atoms. The molecule has 1 aliphatic heterocycles. The number of aliphatic hydroxyl groups is 1. The van der Waals surface area contributed by atoms with E-state index in [1.54, 1.807) is 0 Å². The number of likely N-dealkylation sites (tertiary alicyclic amines) is 1. The Bertz CT molecular complexity index is 577. The SMILES string of the molecule is CCCC1(O)CN(Cc2nnnn2Cc2ccccc2)C1. The molecule has 1 saturated heterocycles. The highest BCUT2D eigenvalue weighted by Gasteiger charge is 2.40. The van der Waals surface area contributed by atoms with Crippen LogP contribution in [0.15, 0.2) is 30.3 Å². The van der Waals surface area contributed by atoms with Gasteiger partial charge >= 0.3 is 0 Å². The molecule has 0 unspecified atom stereocenters. The molecule has 1 aromatic carbocycles. The number of aromatic nitrogens is 4. The van der Waals surface area contributed by atoms with Gasteiger partial charge in [0.05, 0.1) is 18.7 Å². The van der Waals surface area contributed by atoms with E-state index in [-0.39, 0.29) is 0 Å². The van der Waals surface area contributed by atoms with E-state index in [0.717, 1.165) is 18.7 Å². The predicted octanol–water partition coefficient (Wildman–Crippen LogP) is 1.07. The van der Waals surface area contributed by atoms with Crippen LogP contribution in [0.25, 0.3) is 0 Å². The third-order valence-electron chi connectivity index (χ3n) is 3.90. The summed E-state index contributed by atoms with van der Waals surface area (Å²) < 4.78 is 1.83. The molecular formula is C15H21N5O. The van der Waals surface area contributed by atoms with Crippen molar-refractivity contribution in [1.29, 1.82) is 0 Å². The van der Waals surface area contributed by atoms with E-state index in [2.05, 4.69) is 39.5 Å². The van der Waals surface area contributed by atoms with Gasteiger partial charge in [-0.15, -0.1) is 5.10 Å². The first-order valence-corrected chi connectivity index (χ1v) is 7.42. The molecule has 3 rings (SSSR count). The minimum atomic E-state index is -0.507. The van der Waals surface area contributed by atoms with E-state index in [9.17, 15) is 5.11 Å². The van der Waals surface area contributed by atoms with Crippen molar-refractivity contribution in [3.05, 3.63) is 41.7 Å². The van der Waals surface area contributed by atoms with Crippen LogP contribution < -0.4 is 0 Å². The Morgan fingerprint density at radius 2 is 1.95 bits per heavy atom. The fraction of sp³-hybridized carbons (Fsp3) is 0.533. The minimum absolute atomic E-state index is 0.507. The summed E-state index contributed by atoms with van der Waals surface area (Å²) in [7, 11) is 0. The zero-order valence-corrected chi connectivity index (χ0v) is 12.3. The number of nitrogens with zero attached hydrogens (tertiary/aromatic N) is 5. The number of hydrogen-bond acceptors (Lipinski definition) is 5. The average Bonchev–Trinajstić information content (AvgIpc) is 2.86. The number of β-amino-alcohol motifs (C(OH)–C–C–N with tert-alkyl or cyclic N) is 1. The molecule has 6 nitrogen and oxygen atoms in total. The largest absolute Gasteiger partial charge is 0.387 e. The molecule has 0 bridgehead atoms. The van der Waals surface area contributed by atoms with Gasteiger partial charge in [-0.05, 0) is 22.4 Å². The lowest BCUT2D eigenvalue weighted by Gasteiger charge is -2.46. The Balaban J connectivity index is 1.60. The van der Waals surface area contributed by atoms with Crippen molar-refractivity contribution in [3.63, 3.8) is 0 Å². The maximum Gasteiger partial charge on any atom is 0.165 e. The molecule has 1 N–H and O–H groups in total. The van der Waals surface area contributed by atoms with Gasteiger partial charge in [0.25, 0.3) is 0 Å².